The lowest BCUT2D eigenvalue weighted by molar-refractivity contribution is -0.110. The first-order valence-electron chi connectivity index (χ1n) is 5.20. The predicted molar refractivity (Wildman–Crippen MR) is 69.7 cm³/mol. The van der Waals surface area contributed by atoms with Gasteiger partial charge in [-0.15, -0.1) is 0 Å². The average Bonchev–Trinajstić information content (AvgIpc) is 2.35. The fourth-order valence-corrected chi connectivity index (χ4v) is 2.44. The molecule has 0 unspecified atom stereocenters. The van der Waals surface area contributed by atoms with E-state index >= 15 is 0 Å². The second-order valence-corrected chi connectivity index (χ2v) is 5.95. The summed E-state index contributed by atoms with van der Waals surface area (Å²) in [6, 6.07) is 6.24. The van der Waals surface area contributed by atoms with E-state index in [4.69, 9.17) is 13.7 Å². The van der Waals surface area contributed by atoms with E-state index in [0.29, 0.717) is 6.42 Å². The second kappa shape index (κ2) is 7.20. The number of ether oxygens (including phenoxy) is 2. The number of hydrogen-bond acceptors (Lipinski definition) is 5. The third-order valence-electron chi connectivity index (χ3n) is 2.22. The Morgan fingerprint density at radius 2 is 1.72 bits per heavy atom. The maximum absolute atomic E-state index is 11.8. The molecule has 0 radical (unpaired) electrons. The lowest BCUT2D eigenvalue weighted by atomic mass is 10.4. The topological polar surface area (TPSA) is 61.8 Å². The van der Waals surface area contributed by atoms with Crippen LogP contribution < -0.4 is 0 Å². The first-order chi connectivity index (χ1) is 8.49. The van der Waals surface area contributed by atoms with Gasteiger partial charge in [0.05, 0.1) is 11.5 Å². The number of methoxy groups -OCH3 is 2. The zero-order valence-electron chi connectivity index (χ0n) is 10.1. The highest BCUT2D eigenvalue weighted by Gasteiger charge is 2.16. The summed E-state index contributed by atoms with van der Waals surface area (Å²) in [7, 11) is -0.754. The van der Waals surface area contributed by atoms with Crippen LogP contribution in [0.4, 0.5) is 0 Å². The molecular weight excluding hydrogens is 324 g/mol. The van der Waals surface area contributed by atoms with Crippen LogP contribution in [0.15, 0.2) is 33.6 Å². The predicted octanol–water partition coefficient (Wildman–Crippen LogP) is 2.16. The second-order valence-electron chi connectivity index (χ2n) is 3.42. The lowest BCUT2D eigenvalue weighted by Gasteiger charge is -2.13. The van der Waals surface area contributed by atoms with Gasteiger partial charge in [-0.1, -0.05) is 15.9 Å². The molecule has 5 nitrogen and oxygen atoms in total. The molecule has 7 heteroatoms. The summed E-state index contributed by atoms with van der Waals surface area (Å²) in [6.07, 6.45) is -0.131. The van der Waals surface area contributed by atoms with Crippen molar-refractivity contribution < 1.29 is 22.1 Å². The smallest absolute Gasteiger partial charge is 0.296 e. The Morgan fingerprint density at radius 3 is 2.22 bits per heavy atom. The molecule has 0 saturated carbocycles. The number of halogens is 1. The Balaban J connectivity index is 2.57. The molecule has 102 valence electrons. The third kappa shape index (κ3) is 4.66. The minimum Gasteiger partial charge on any atom is -0.356 e. The van der Waals surface area contributed by atoms with Gasteiger partial charge in [-0.3, -0.25) is 4.18 Å². The van der Waals surface area contributed by atoms with Gasteiger partial charge in [-0.2, -0.15) is 8.42 Å². The zero-order chi connectivity index (χ0) is 13.6. The van der Waals surface area contributed by atoms with Crippen molar-refractivity contribution in [1.29, 1.82) is 0 Å². The van der Waals surface area contributed by atoms with Crippen molar-refractivity contribution >= 4 is 26.0 Å². The van der Waals surface area contributed by atoms with E-state index in [9.17, 15) is 8.42 Å². The summed E-state index contributed by atoms with van der Waals surface area (Å²) in [5, 5.41) is 0. The molecule has 0 aliphatic heterocycles. The van der Waals surface area contributed by atoms with Crippen molar-refractivity contribution in [2.75, 3.05) is 20.8 Å². The van der Waals surface area contributed by atoms with E-state index in [2.05, 4.69) is 15.9 Å². The Kier molecular flexibility index (Phi) is 6.24. The van der Waals surface area contributed by atoms with Gasteiger partial charge in [-0.25, -0.2) is 0 Å². The standard InChI is InChI=1S/C11H15BrO5S/c1-15-11(16-2)7-8-17-18(13,14)10-5-3-9(12)4-6-10/h3-6,11H,7-8H2,1-2H3. The van der Waals surface area contributed by atoms with Crippen LogP contribution in [0.25, 0.3) is 0 Å². The third-order valence-corrected chi connectivity index (χ3v) is 4.08. The van der Waals surface area contributed by atoms with Crippen LogP contribution in [0.2, 0.25) is 0 Å². The maximum atomic E-state index is 11.8. The summed E-state index contributed by atoms with van der Waals surface area (Å²) in [4.78, 5) is 0.122. The first-order valence-corrected chi connectivity index (χ1v) is 7.40. The van der Waals surface area contributed by atoms with Crippen molar-refractivity contribution in [3.63, 3.8) is 0 Å². The van der Waals surface area contributed by atoms with E-state index < -0.39 is 16.4 Å². The van der Waals surface area contributed by atoms with Crippen molar-refractivity contribution in [2.24, 2.45) is 0 Å². The molecule has 0 spiro atoms. The van der Waals surface area contributed by atoms with E-state index in [1.54, 1.807) is 12.1 Å². The summed E-state index contributed by atoms with van der Waals surface area (Å²) in [5.41, 5.74) is 0. The Hall–Kier alpha value is -0.470. The van der Waals surface area contributed by atoms with Gasteiger partial charge in [0.1, 0.15) is 0 Å². The van der Waals surface area contributed by atoms with E-state index in [1.807, 2.05) is 0 Å². The molecule has 0 atom stereocenters. The lowest BCUT2D eigenvalue weighted by Crippen LogP contribution is -2.17. The highest BCUT2D eigenvalue weighted by Crippen LogP contribution is 2.17. The van der Waals surface area contributed by atoms with Gasteiger partial charge in [-0.05, 0) is 24.3 Å². The van der Waals surface area contributed by atoms with Crippen LogP contribution in [0.3, 0.4) is 0 Å². The monoisotopic (exact) mass is 338 g/mol. The van der Waals surface area contributed by atoms with Crippen molar-refractivity contribution in [3.05, 3.63) is 28.7 Å². The van der Waals surface area contributed by atoms with Crippen molar-refractivity contribution in [3.8, 4) is 0 Å². The molecular formula is C11H15BrO5S. The Labute approximate surface area is 115 Å². The minimum atomic E-state index is -3.72. The van der Waals surface area contributed by atoms with E-state index in [0.717, 1.165) is 4.47 Å². The molecule has 1 aromatic rings. The largest absolute Gasteiger partial charge is 0.356 e. The molecule has 0 aliphatic rings. The minimum absolute atomic E-state index is 0.00471. The molecule has 1 aromatic carbocycles. The van der Waals surface area contributed by atoms with Gasteiger partial charge >= 0.3 is 0 Å². The number of hydrogen-bond donors (Lipinski definition) is 0. The van der Waals surface area contributed by atoms with Gasteiger partial charge < -0.3 is 9.47 Å². The molecule has 0 saturated heterocycles. The van der Waals surface area contributed by atoms with Crippen LogP contribution in [0.5, 0.6) is 0 Å². The number of benzene rings is 1. The average molecular weight is 339 g/mol. The van der Waals surface area contributed by atoms with Gasteiger partial charge in [0, 0.05) is 25.1 Å². The molecule has 18 heavy (non-hydrogen) atoms. The molecule has 0 bridgehead atoms. The summed E-state index contributed by atoms with van der Waals surface area (Å²) in [5.74, 6) is 0. The quantitative estimate of drug-likeness (QED) is 0.563. The van der Waals surface area contributed by atoms with Gasteiger partial charge in [0.25, 0.3) is 10.1 Å². The summed E-state index contributed by atoms with van der Waals surface area (Å²) >= 11 is 3.23. The van der Waals surface area contributed by atoms with Crippen LogP contribution in [-0.2, 0) is 23.8 Å². The van der Waals surface area contributed by atoms with Crippen LogP contribution in [-0.4, -0.2) is 35.5 Å². The normalized spacial score (nSPS) is 12.0. The number of rotatable bonds is 7. The summed E-state index contributed by atoms with van der Waals surface area (Å²) in [6.45, 7) is 0.00471. The van der Waals surface area contributed by atoms with Crippen LogP contribution in [0.1, 0.15) is 6.42 Å². The van der Waals surface area contributed by atoms with Gasteiger partial charge in [0.2, 0.25) is 0 Å². The summed E-state index contributed by atoms with van der Waals surface area (Å²) < 4.78 is 39.1. The van der Waals surface area contributed by atoms with Crippen molar-refractivity contribution in [1.82, 2.24) is 0 Å². The Morgan fingerprint density at radius 1 is 1.17 bits per heavy atom. The molecule has 0 aliphatic carbocycles. The molecule has 0 heterocycles. The van der Waals surface area contributed by atoms with E-state index in [1.165, 1.54) is 26.4 Å². The molecule has 0 aromatic heterocycles. The maximum Gasteiger partial charge on any atom is 0.296 e. The van der Waals surface area contributed by atoms with Crippen molar-refractivity contribution in [2.45, 2.75) is 17.6 Å². The highest BCUT2D eigenvalue weighted by molar-refractivity contribution is 9.10. The zero-order valence-corrected chi connectivity index (χ0v) is 12.5. The van der Waals surface area contributed by atoms with E-state index in [-0.39, 0.29) is 11.5 Å². The highest BCUT2D eigenvalue weighted by atomic mass is 79.9. The SMILES string of the molecule is COC(CCOS(=O)(=O)c1ccc(Br)cc1)OC. The van der Waals surface area contributed by atoms with Crippen LogP contribution in [0, 0.1) is 0 Å². The Bertz CT molecular complexity index is 453. The van der Waals surface area contributed by atoms with Gasteiger partial charge in [0.15, 0.2) is 6.29 Å². The molecule has 0 amide bonds. The molecule has 0 fully saturated rings. The van der Waals surface area contributed by atoms with Crippen LogP contribution >= 0.6 is 15.9 Å². The molecule has 1 rings (SSSR count). The fourth-order valence-electron chi connectivity index (χ4n) is 1.26. The first kappa shape index (κ1) is 15.6. The fraction of sp³-hybridized carbons (Fsp3) is 0.455. The molecule has 0 N–H and O–H groups in total.